The molecular weight excluding hydrogens is 306 g/mol. The Kier molecular flexibility index (Phi) is 3.02. The van der Waals surface area contributed by atoms with E-state index < -0.39 is 0 Å². The number of aromatic nitrogens is 2. The molecule has 0 fully saturated rings. The Balaban J connectivity index is 1.99. The Hall–Kier alpha value is -1.82. The average molecular weight is 320 g/mol. The monoisotopic (exact) mass is 319 g/mol. The second kappa shape index (κ2) is 4.70. The number of benzene rings is 1. The zero-order chi connectivity index (χ0) is 13.4. The highest BCUT2D eigenvalue weighted by atomic mass is 79.9. The van der Waals surface area contributed by atoms with E-state index in [0.717, 1.165) is 15.7 Å². The molecule has 1 unspecified atom stereocenters. The van der Waals surface area contributed by atoms with Gasteiger partial charge >= 0.3 is 0 Å². The fraction of sp³-hybridized carbons (Fsp3) is 0.231. The first-order chi connectivity index (χ1) is 9.15. The maximum Gasteiger partial charge on any atom is 0.196 e. The zero-order valence-corrected chi connectivity index (χ0v) is 12.1. The van der Waals surface area contributed by atoms with Crippen LogP contribution in [0.4, 0.5) is 5.69 Å². The Morgan fingerprint density at radius 3 is 2.95 bits per heavy atom. The number of hydrogen-bond donors (Lipinski definition) is 1. The van der Waals surface area contributed by atoms with Crippen LogP contribution in [0.3, 0.4) is 0 Å². The minimum absolute atomic E-state index is 0.114. The van der Waals surface area contributed by atoms with E-state index in [1.165, 1.54) is 0 Å². The summed E-state index contributed by atoms with van der Waals surface area (Å²) in [7, 11) is 1.91. The van der Waals surface area contributed by atoms with Gasteiger partial charge in [-0.05, 0) is 18.2 Å². The predicted octanol–water partition coefficient (Wildman–Crippen LogP) is 2.06. The van der Waals surface area contributed by atoms with E-state index in [1.54, 1.807) is 4.68 Å². The number of hydrogen-bond acceptors (Lipinski definition) is 4. The van der Waals surface area contributed by atoms with Gasteiger partial charge in [-0.2, -0.15) is 5.10 Å². The third-order valence-electron chi connectivity index (χ3n) is 3.18. The van der Waals surface area contributed by atoms with Gasteiger partial charge in [0.05, 0.1) is 18.8 Å². The summed E-state index contributed by atoms with van der Waals surface area (Å²) in [6, 6.07) is 8.17. The standard InChI is InChI=1S/C13H14BrN5/c1-18-8-9(6-17-18)12-7-16-13(15)19(12)11-4-2-3-10(14)5-11/h2-6,8,12H,7H2,1H3,(H2,15,16). The van der Waals surface area contributed by atoms with Crippen molar-refractivity contribution >= 4 is 27.6 Å². The number of nitrogens with zero attached hydrogens (tertiary/aromatic N) is 4. The molecule has 1 aliphatic rings. The highest BCUT2D eigenvalue weighted by molar-refractivity contribution is 9.10. The minimum Gasteiger partial charge on any atom is -0.369 e. The van der Waals surface area contributed by atoms with Gasteiger partial charge in [-0.15, -0.1) is 0 Å². The van der Waals surface area contributed by atoms with E-state index in [9.17, 15) is 0 Å². The Morgan fingerprint density at radius 1 is 1.42 bits per heavy atom. The molecule has 19 heavy (non-hydrogen) atoms. The molecule has 6 heteroatoms. The molecule has 3 rings (SSSR count). The largest absolute Gasteiger partial charge is 0.369 e. The van der Waals surface area contributed by atoms with Crippen molar-refractivity contribution in [2.75, 3.05) is 11.4 Å². The van der Waals surface area contributed by atoms with Crippen LogP contribution in [0.15, 0.2) is 46.1 Å². The second-order valence-electron chi connectivity index (χ2n) is 4.51. The van der Waals surface area contributed by atoms with E-state index in [4.69, 9.17) is 5.73 Å². The molecule has 0 bridgehead atoms. The predicted molar refractivity (Wildman–Crippen MR) is 79.1 cm³/mol. The molecule has 2 N–H and O–H groups in total. The number of rotatable bonds is 2. The fourth-order valence-corrected chi connectivity index (χ4v) is 2.69. The highest BCUT2D eigenvalue weighted by Gasteiger charge is 2.29. The molecule has 2 heterocycles. The van der Waals surface area contributed by atoms with Gasteiger partial charge < -0.3 is 10.6 Å². The van der Waals surface area contributed by atoms with Crippen molar-refractivity contribution in [2.24, 2.45) is 17.8 Å². The summed E-state index contributed by atoms with van der Waals surface area (Å²) in [5.41, 5.74) is 8.18. The van der Waals surface area contributed by atoms with Crippen LogP contribution in [-0.2, 0) is 7.05 Å². The van der Waals surface area contributed by atoms with Crippen LogP contribution in [0.1, 0.15) is 11.6 Å². The molecule has 0 radical (unpaired) electrons. The lowest BCUT2D eigenvalue weighted by Gasteiger charge is -2.25. The van der Waals surface area contributed by atoms with Crippen LogP contribution in [0.5, 0.6) is 0 Å². The molecule has 1 atom stereocenters. The molecule has 1 aromatic carbocycles. The highest BCUT2D eigenvalue weighted by Crippen LogP contribution is 2.32. The number of halogens is 1. The summed E-state index contributed by atoms with van der Waals surface area (Å²) < 4.78 is 2.82. The summed E-state index contributed by atoms with van der Waals surface area (Å²) in [6.07, 6.45) is 3.87. The van der Waals surface area contributed by atoms with E-state index in [-0.39, 0.29) is 6.04 Å². The van der Waals surface area contributed by atoms with Crippen molar-refractivity contribution in [3.63, 3.8) is 0 Å². The van der Waals surface area contributed by atoms with Gasteiger partial charge in [-0.1, -0.05) is 22.0 Å². The van der Waals surface area contributed by atoms with Crippen molar-refractivity contribution in [3.05, 3.63) is 46.7 Å². The fourth-order valence-electron chi connectivity index (χ4n) is 2.30. The molecule has 1 aliphatic heterocycles. The minimum atomic E-state index is 0.114. The van der Waals surface area contributed by atoms with Crippen molar-refractivity contribution in [3.8, 4) is 0 Å². The van der Waals surface area contributed by atoms with E-state index >= 15 is 0 Å². The molecule has 0 amide bonds. The summed E-state index contributed by atoms with van der Waals surface area (Å²) in [6.45, 7) is 0.657. The molecule has 1 aromatic heterocycles. The van der Waals surface area contributed by atoms with Gasteiger partial charge in [0.25, 0.3) is 0 Å². The number of nitrogens with two attached hydrogens (primary N) is 1. The van der Waals surface area contributed by atoms with Crippen molar-refractivity contribution < 1.29 is 0 Å². The lowest BCUT2D eigenvalue weighted by molar-refractivity contribution is 0.752. The zero-order valence-electron chi connectivity index (χ0n) is 10.5. The van der Waals surface area contributed by atoms with Gasteiger partial charge in [0, 0.05) is 29.0 Å². The van der Waals surface area contributed by atoms with Crippen LogP contribution >= 0.6 is 15.9 Å². The SMILES string of the molecule is Cn1cc(C2CN=C(N)N2c2cccc(Br)c2)cn1. The quantitative estimate of drug-likeness (QED) is 0.921. The smallest absolute Gasteiger partial charge is 0.196 e. The van der Waals surface area contributed by atoms with Gasteiger partial charge in [-0.25, -0.2) is 0 Å². The molecular formula is C13H14BrN5. The molecule has 0 aliphatic carbocycles. The number of aryl methyl sites for hydroxylation is 1. The van der Waals surface area contributed by atoms with Crippen molar-refractivity contribution in [2.45, 2.75) is 6.04 Å². The number of guanidine groups is 1. The maximum atomic E-state index is 6.03. The van der Waals surface area contributed by atoms with E-state index in [1.807, 2.05) is 48.6 Å². The Morgan fingerprint density at radius 2 is 2.26 bits per heavy atom. The van der Waals surface area contributed by atoms with Crippen LogP contribution < -0.4 is 10.6 Å². The summed E-state index contributed by atoms with van der Waals surface area (Å²) in [5.74, 6) is 0.548. The molecule has 98 valence electrons. The molecule has 0 saturated carbocycles. The van der Waals surface area contributed by atoms with Gasteiger partial charge in [0.2, 0.25) is 0 Å². The summed E-state index contributed by atoms with van der Waals surface area (Å²) in [4.78, 5) is 6.40. The first-order valence-corrected chi connectivity index (χ1v) is 6.78. The Bertz CT molecular complexity index is 633. The van der Waals surface area contributed by atoms with Crippen LogP contribution in [0, 0.1) is 0 Å². The number of anilines is 1. The Labute approximate surface area is 119 Å². The first-order valence-electron chi connectivity index (χ1n) is 5.98. The normalized spacial score (nSPS) is 18.7. The first kappa shape index (κ1) is 12.2. The van der Waals surface area contributed by atoms with E-state index in [0.29, 0.717) is 12.5 Å². The topological polar surface area (TPSA) is 59.4 Å². The van der Waals surface area contributed by atoms with Crippen LogP contribution in [-0.4, -0.2) is 22.3 Å². The third-order valence-corrected chi connectivity index (χ3v) is 3.67. The second-order valence-corrected chi connectivity index (χ2v) is 5.43. The number of aliphatic imine (C=N–C) groups is 1. The van der Waals surface area contributed by atoms with Crippen molar-refractivity contribution in [1.29, 1.82) is 0 Å². The van der Waals surface area contributed by atoms with E-state index in [2.05, 4.69) is 26.0 Å². The average Bonchev–Trinajstić information content (AvgIpc) is 2.95. The van der Waals surface area contributed by atoms with Crippen LogP contribution in [0.2, 0.25) is 0 Å². The van der Waals surface area contributed by atoms with Crippen molar-refractivity contribution in [1.82, 2.24) is 9.78 Å². The molecule has 0 spiro atoms. The lowest BCUT2D eigenvalue weighted by atomic mass is 10.1. The maximum absolute atomic E-state index is 6.03. The molecule has 2 aromatic rings. The molecule has 0 saturated heterocycles. The lowest BCUT2D eigenvalue weighted by Crippen LogP contribution is -2.36. The third kappa shape index (κ3) is 2.23. The summed E-state index contributed by atoms with van der Waals surface area (Å²) in [5, 5.41) is 4.22. The van der Waals surface area contributed by atoms with Gasteiger partial charge in [0.15, 0.2) is 5.96 Å². The summed E-state index contributed by atoms with van der Waals surface area (Å²) >= 11 is 3.49. The van der Waals surface area contributed by atoms with Gasteiger partial charge in [-0.3, -0.25) is 9.67 Å². The van der Waals surface area contributed by atoms with Gasteiger partial charge in [0.1, 0.15) is 0 Å². The van der Waals surface area contributed by atoms with Crippen LogP contribution in [0.25, 0.3) is 0 Å². The molecule has 5 nitrogen and oxygen atoms in total.